The first-order valence-corrected chi connectivity index (χ1v) is 16.4. The van der Waals surface area contributed by atoms with E-state index in [2.05, 4.69) is 100 Å². The van der Waals surface area contributed by atoms with Gasteiger partial charge in [0.1, 0.15) is 0 Å². The van der Waals surface area contributed by atoms with Crippen LogP contribution in [0.25, 0.3) is 0 Å². The van der Waals surface area contributed by atoms with Crippen LogP contribution < -0.4 is 18.9 Å². The van der Waals surface area contributed by atoms with Gasteiger partial charge in [-0.1, -0.05) is 114 Å². The van der Waals surface area contributed by atoms with Crippen molar-refractivity contribution in [1.82, 2.24) is 0 Å². The van der Waals surface area contributed by atoms with Gasteiger partial charge in [0, 0.05) is 20.5 Å². The molecule has 2 aromatic carbocycles. The Bertz CT molecular complexity index is 779. The van der Waals surface area contributed by atoms with E-state index in [1.165, 1.54) is 99.1 Å². The largest absolute Gasteiger partial charge is 1.00 e. The summed E-state index contributed by atoms with van der Waals surface area (Å²) in [6, 6.07) is 13.6. The molecule has 0 heterocycles. The number of alkyl halides is 3. The van der Waals surface area contributed by atoms with Crippen LogP contribution in [-0.4, -0.2) is 16.0 Å². The maximum absolute atomic E-state index is 3.47. The van der Waals surface area contributed by atoms with Crippen molar-refractivity contribution in [2.24, 2.45) is 0 Å². The zero-order valence-electron chi connectivity index (χ0n) is 21.3. The van der Waals surface area contributed by atoms with Crippen LogP contribution in [0.15, 0.2) is 40.9 Å². The number of rotatable bonds is 11. The molecule has 0 unspecified atom stereocenters. The van der Waals surface area contributed by atoms with Crippen molar-refractivity contribution >= 4 is 63.7 Å². The summed E-state index contributed by atoms with van der Waals surface area (Å²) < 4.78 is 1.21. The van der Waals surface area contributed by atoms with Gasteiger partial charge in [0.05, 0.1) is 0 Å². The molecular formula is C28H39Br4Li. The zero-order chi connectivity index (χ0) is 23.0. The fourth-order valence-corrected chi connectivity index (χ4v) is 5.49. The Kier molecular flexibility index (Phi) is 19.4. The first kappa shape index (κ1) is 32.0. The van der Waals surface area contributed by atoms with Gasteiger partial charge in [-0.2, -0.15) is 0 Å². The molecule has 0 nitrogen and oxygen atoms in total. The normalized spacial score (nSPS) is 12.4. The monoisotopic (exact) mass is 698 g/mol. The maximum atomic E-state index is 3.47. The van der Waals surface area contributed by atoms with Crippen LogP contribution in [0.2, 0.25) is 0 Å². The molecule has 0 radical (unpaired) electrons. The van der Waals surface area contributed by atoms with Gasteiger partial charge in [-0.05, 0) is 97.7 Å². The zero-order valence-corrected chi connectivity index (χ0v) is 26.6. The van der Waals surface area contributed by atoms with Gasteiger partial charge >= 0.3 is 18.9 Å². The van der Waals surface area contributed by atoms with Crippen molar-refractivity contribution in [1.29, 1.82) is 0 Å². The molecule has 0 N–H and O–H groups in total. The van der Waals surface area contributed by atoms with E-state index in [9.17, 15) is 0 Å². The third-order valence-electron chi connectivity index (χ3n) is 6.13. The SMILES string of the molecule is BrCCCCCCBr.BrCCCCCCc1ccc2c(c1)CC2.Brc1ccc2c(c1)CC2.[H-].[Li+]. The van der Waals surface area contributed by atoms with Crippen LogP contribution in [0.1, 0.15) is 80.6 Å². The number of fused-ring (bicyclic) bond motifs is 2. The van der Waals surface area contributed by atoms with Gasteiger partial charge < -0.3 is 1.43 Å². The number of hydrogen-bond donors (Lipinski definition) is 0. The number of aryl methyl sites for hydroxylation is 5. The molecule has 0 bridgehead atoms. The Balaban J connectivity index is 0.000000499. The van der Waals surface area contributed by atoms with Gasteiger partial charge in [-0.15, -0.1) is 0 Å². The van der Waals surface area contributed by atoms with E-state index in [0.29, 0.717) is 0 Å². The van der Waals surface area contributed by atoms with Crippen LogP contribution >= 0.6 is 63.7 Å². The fraction of sp³-hybridized carbons (Fsp3) is 0.571. The standard InChI is InChI=1S/C14H19Br.C8H7Br.C6H12Br2.Li.H/c15-10-4-2-1-3-5-12-6-7-13-8-9-14(13)11-12;9-8-4-3-6-1-2-7(6)5-8;7-5-3-1-2-4-6-8;;/h6-7,11H,1-5,8-10H2;3-5H,1-2H2;1-6H2;;/q;;;+1;-1. The van der Waals surface area contributed by atoms with Gasteiger partial charge in [-0.25, -0.2) is 0 Å². The molecule has 0 aromatic heterocycles. The number of benzene rings is 2. The fourth-order valence-electron chi connectivity index (χ4n) is 3.89. The predicted molar refractivity (Wildman–Crippen MR) is 159 cm³/mol. The maximum Gasteiger partial charge on any atom is 1.00 e. The second kappa shape index (κ2) is 20.1. The molecule has 0 fully saturated rings. The molecule has 4 rings (SSSR count). The summed E-state index contributed by atoms with van der Waals surface area (Å²) in [5.41, 5.74) is 7.78. The number of unbranched alkanes of at least 4 members (excludes halogenated alkanes) is 6. The van der Waals surface area contributed by atoms with Crippen LogP contribution in [0.5, 0.6) is 0 Å². The predicted octanol–water partition coefficient (Wildman–Crippen LogP) is 7.28. The molecule has 0 aliphatic heterocycles. The molecule has 180 valence electrons. The van der Waals surface area contributed by atoms with Crippen molar-refractivity contribution in [2.75, 3.05) is 16.0 Å². The minimum Gasteiger partial charge on any atom is -1.00 e. The quantitative estimate of drug-likeness (QED) is 0.131. The van der Waals surface area contributed by atoms with Crippen LogP contribution in [-0.2, 0) is 32.1 Å². The van der Waals surface area contributed by atoms with E-state index in [0.717, 1.165) is 16.0 Å². The van der Waals surface area contributed by atoms with E-state index < -0.39 is 0 Å². The molecule has 2 aliphatic carbocycles. The summed E-state index contributed by atoms with van der Waals surface area (Å²) in [6.45, 7) is 0. The van der Waals surface area contributed by atoms with Crippen molar-refractivity contribution in [3.63, 3.8) is 0 Å². The van der Waals surface area contributed by atoms with E-state index >= 15 is 0 Å². The Hall–Kier alpha value is 0.957. The molecule has 0 saturated carbocycles. The minimum atomic E-state index is 0. The average Bonchev–Trinajstić information content (AvgIpc) is 2.76. The Morgan fingerprint density at radius 2 is 1.00 bits per heavy atom. The first-order valence-electron chi connectivity index (χ1n) is 12.2. The van der Waals surface area contributed by atoms with Crippen molar-refractivity contribution in [3.8, 4) is 0 Å². The molecule has 2 aromatic rings. The third kappa shape index (κ3) is 13.2. The van der Waals surface area contributed by atoms with E-state index in [1.54, 1.807) is 16.7 Å². The van der Waals surface area contributed by atoms with Crippen molar-refractivity contribution < 1.29 is 20.3 Å². The topological polar surface area (TPSA) is 0 Å². The Morgan fingerprint density at radius 3 is 1.39 bits per heavy atom. The molecule has 33 heavy (non-hydrogen) atoms. The van der Waals surface area contributed by atoms with Gasteiger partial charge in [0.15, 0.2) is 0 Å². The van der Waals surface area contributed by atoms with E-state index in [4.69, 9.17) is 0 Å². The van der Waals surface area contributed by atoms with Gasteiger partial charge in [0.2, 0.25) is 0 Å². The number of halogens is 4. The summed E-state index contributed by atoms with van der Waals surface area (Å²) in [4.78, 5) is 0. The van der Waals surface area contributed by atoms with Crippen molar-refractivity contribution in [2.45, 2.75) is 83.5 Å². The van der Waals surface area contributed by atoms with E-state index in [-0.39, 0.29) is 20.3 Å². The minimum absolute atomic E-state index is 0. The molecule has 0 atom stereocenters. The summed E-state index contributed by atoms with van der Waals surface area (Å²) in [5, 5.41) is 3.48. The van der Waals surface area contributed by atoms with Gasteiger partial charge in [0.25, 0.3) is 0 Å². The summed E-state index contributed by atoms with van der Waals surface area (Å²) >= 11 is 13.7. The molecular weight excluding hydrogens is 663 g/mol. The smallest absolute Gasteiger partial charge is 1.00 e. The summed E-state index contributed by atoms with van der Waals surface area (Å²) in [7, 11) is 0. The second-order valence-electron chi connectivity index (χ2n) is 8.66. The second-order valence-corrected chi connectivity index (χ2v) is 12.0. The van der Waals surface area contributed by atoms with Crippen molar-refractivity contribution in [3.05, 3.63) is 68.7 Å². The summed E-state index contributed by atoms with van der Waals surface area (Å²) in [5.74, 6) is 0. The average molecular weight is 702 g/mol. The molecule has 0 amide bonds. The van der Waals surface area contributed by atoms with Crippen LogP contribution in [0, 0.1) is 0 Å². The Labute approximate surface area is 250 Å². The molecule has 0 spiro atoms. The molecule has 5 heteroatoms. The first-order chi connectivity index (χ1) is 15.7. The molecule has 0 saturated heterocycles. The van der Waals surface area contributed by atoms with Gasteiger partial charge in [-0.3, -0.25) is 0 Å². The molecule has 2 aliphatic rings. The summed E-state index contributed by atoms with van der Waals surface area (Å²) in [6.07, 6.45) is 17.3. The Morgan fingerprint density at radius 1 is 0.545 bits per heavy atom. The van der Waals surface area contributed by atoms with E-state index in [1.807, 2.05) is 0 Å². The van der Waals surface area contributed by atoms with Crippen LogP contribution in [0.3, 0.4) is 0 Å². The third-order valence-corrected chi connectivity index (χ3v) is 8.31. The van der Waals surface area contributed by atoms with Crippen LogP contribution in [0.4, 0.5) is 0 Å². The number of hydrogen-bond acceptors (Lipinski definition) is 0.